The van der Waals surface area contributed by atoms with E-state index in [1.807, 2.05) is 18.6 Å². The minimum absolute atomic E-state index is 0. The van der Waals surface area contributed by atoms with Crippen molar-refractivity contribution in [2.45, 2.75) is 40.0 Å². The number of aryl methyl sites for hydroxylation is 2. The van der Waals surface area contributed by atoms with Crippen molar-refractivity contribution in [2.24, 2.45) is 0 Å². The van der Waals surface area contributed by atoms with Crippen molar-refractivity contribution < 1.29 is 20.1 Å². The SMILES string of the molecule is Cc1ccc(-c2[c-]cc(-c3ccccc3-c3cc(-c4ccccc4-c4c[c-]c(-c5ccc(C)cn5)cc4)cc(-c4ccccc4-c4c[c-]c(-c5cc(C(C)(C)C)ccn5)cc4-c4ccc(-c5ccccc5)cc4)c3)cc2)nc1.[Ir+3]. The maximum absolute atomic E-state index is 4.92. The fourth-order valence-corrected chi connectivity index (χ4v) is 10.4. The van der Waals surface area contributed by atoms with Gasteiger partial charge in [0.2, 0.25) is 0 Å². The summed E-state index contributed by atoms with van der Waals surface area (Å²) in [7, 11) is 0. The molecule has 0 saturated carbocycles. The van der Waals surface area contributed by atoms with E-state index in [1.165, 1.54) is 16.7 Å². The molecular formula is C75H56IrN3. The molecule has 3 aromatic heterocycles. The molecule has 0 aliphatic heterocycles. The van der Waals surface area contributed by atoms with Gasteiger partial charge in [0.1, 0.15) is 0 Å². The number of hydrogen-bond donors (Lipinski definition) is 0. The number of pyridine rings is 3. The van der Waals surface area contributed by atoms with Crippen molar-refractivity contribution in [1.82, 2.24) is 15.0 Å². The monoisotopic (exact) mass is 1190 g/mol. The summed E-state index contributed by atoms with van der Waals surface area (Å²) in [5, 5.41) is 0. The van der Waals surface area contributed by atoms with E-state index in [0.717, 1.165) is 123 Å². The predicted molar refractivity (Wildman–Crippen MR) is 324 cm³/mol. The molecule has 0 amide bonds. The van der Waals surface area contributed by atoms with E-state index in [2.05, 4.69) is 283 Å². The van der Waals surface area contributed by atoms with E-state index >= 15 is 0 Å². The molecule has 0 N–H and O–H groups in total. The predicted octanol–water partition coefficient (Wildman–Crippen LogP) is 19.5. The van der Waals surface area contributed by atoms with Crippen molar-refractivity contribution >= 4 is 0 Å². The number of benzene rings is 9. The second kappa shape index (κ2) is 22.6. The van der Waals surface area contributed by atoms with Crippen LogP contribution < -0.4 is 0 Å². The Balaban J connectivity index is 0.00000660. The minimum Gasteiger partial charge on any atom is -0.305 e. The average molecular weight is 1190 g/mol. The van der Waals surface area contributed by atoms with E-state index in [-0.39, 0.29) is 25.5 Å². The standard InChI is InChI=1S/C75H56N3.Ir/c1-50-23-39-72(77-48-50)57-33-29-54(30-34-57)64-17-9-11-19-66(64)60-43-61(67-20-12-10-18-65(67)55-31-35-58(36-32-55)73-40-24-51(2)49-78-73)45-62(44-60)68-21-13-14-22-69(68)70-38-37-59(74-47-63(41-42-76-74)75(3,4)5)46-71(70)56-27-25-53(26-28-56)52-15-7-6-8-16-52;/h6-33,35,38-49H,1-5H3;/q-3;+3. The molecule has 0 saturated heterocycles. The first-order chi connectivity index (χ1) is 38.1. The molecule has 0 spiro atoms. The number of aromatic nitrogens is 3. The van der Waals surface area contributed by atoms with E-state index in [0.29, 0.717) is 0 Å². The van der Waals surface area contributed by atoms with Crippen LogP contribution in [0.2, 0.25) is 0 Å². The number of hydrogen-bond acceptors (Lipinski definition) is 3. The summed E-state index contributed by atoms with van der Waals surface area (Å²) in [4.78, 5) is 14.3. The molecular weight excluding hydrogens is 1140 g/mol. The third kappa shape index (κ3) is 11.1. The normalized spacial score (nSPS) is 11.3. The van der Waals surface area contributed by atoms with Gasteiger partial charge in [-0.3, -0.25) is 0 Å². The first-order valence-electron chi connectivity index (χ1n) is 26.6. The summed E-state index contributed by atoms with van der Waals surface area (Å²) < 4.78 is 0. The Morgan fingerprint density at radius 1 is 0.304 bits per heavy atom. The Morgan fingerprint density at radius 2 is 0.734 bits per heavy atom. The van der Waals surface area contributed by atoms with E-state index in [1.54, 1.807) is 0 Å². The molecule has 12 rings (SSSR count). The van der Waals surface area contributed by atoms with Crippen molar-refractivity contribution in [2.75, 3.05) is 0 Å². The second-order valence-corrected chi connectivity index (χ2v) is 21.2. The van der Waals surface area contributed by atoms with Crippen LogP contribution in [0.25, 0.3) is 123 Å². The molecule has 3 nitrogen and oxygen atoms in total. The average Bonchev–Trinajstić information content (AvgIpc) is 3.58. The molecule has 9 aromatic carbocycles. The Kier molecular flexibility index (Phi) is 14.9. The molecule has 380 valence electrons. The summed E-state index contributed by atoms with van der Waals surface area (Å²) in [5.41, 5.74) is 26.8. The Labute approximate surface area is 478 Å². The van der Waals surface area contributed by atoms with Crippen LogP contribution in [0.3, 0.4) is 0 Å². The van der Waals surface area contributed by atoms with Gasteiger partial charge in [-0.15, -0.1) is 83.4 Å². The zero-order valence-corrected chi connectivity index (χ0v) is 47.2. The van der Waals surface area contributed by atoms with Crippen LogP contribution in [0.1, 0.15) is 37.5 Å². The van der Waals surface area contributed by atoms with Gasteiger partial charge in [-0.2, -0.15) is 0 Å². The van der Waals surface area contributed by atoms with Crippen molar-refractivity contribution in [3.63, 3.8) is 0 Å². The summed E-state index contributed by atoms with van der Waals surface area (Å²) in [6.45, 7) is 10.9. The molecule has 0 aliphatic rings. The van der Waals surface area contributed by atoms with Gasteiger partial charge in [-0.1, -0.05) is 217 Å². The summed E-state index contributed by atoms with van der Waals surface area (Å²) in [6.07, 6.45) is 5.74. The Morgan fingerprint density at radius 3 is 1.20 bits per heavy atom. The quantitative estimate of drug-likeness (QED) is 0.121. The first kappa shape index (κ1) is 52.1. The third-order valence-corrected chi connectivity index (χ3v) is 14.7. The molecule has 0 aliphatic carbocycles. The fraction of sp³-hybridized carbons (Fsp3) is 0.0800. The van der Waals surface area contributed by atoms with Crippen LogP contribution >= 0.6 is 0 Å². The van der Waals surface area contributed by atoms with Gasteiger partial charge in [-0.05, 0) is 127 Å². The van der Waals surface area contributed by atoms with Crippen LogP contribution in [0.4, 0.5) is 0 Å². The fourth-order valence-electron chi connectivity index (χ4n) is 10.4. The van der Waals surface area contributed by atoms with Crippen molar-refractivity contribution in [3.8, 4) is 123 Å². The molecule has 4 heteroatoms. The summed E-state index contributed by atoms with van der Waals surface area (Å²) in [5.74, 6) is 0. The number of nitrogens with zero attached hydrogens (tertiary/aromatic N) is 3. The zero-order chi connectivity index (χ0) is 53.2. The Bertz CT molecular complexity index is 3930. The first-order valence-corrected chi connectivity index (χ1v) is 26.6. The summed E-state index contributed by atoms with van der Waals surface area (Å²) >= 11 is 0. The molecule has 0 atom stereocenters. The van der Waals surface area contributed by atoms with Gasteiger partial charge in [0.15, 0.2) is 0 Å². The molecule has 0 bridgehead atoms. The molecule has 3 heterocycles. The number of rotatable bonds is 11. The van der Waals surface area contributed by atoms with Crippen LogP contribution in [-0.4, -0.2) is 15.0 Å². The van der Waals surface area contributed by atoms with Gasteiger partial charge in [0.25, 0.3) is 0 Å². The topological polar surface area (TPSA) is 38.7 Å². The largest absolute Gasteiger partial charge is 3.00 e. The third-order valence-electron chi connectivity index (χ3n) is 14.7. The second-order valence-electron chi connectivity index (χ2n) is 21.2. The maximum atomic E-state index is 4.92. The minimum atomic E-state index is -0.0357. The Hall–Kier alpha value is -8.92. The van der Waals surface area contributed by atoms with E-state index in [4.69, 9.17) is 15.0 Å². The van der Waals surface area contributed by atoms with Crippen molar-refractivity contribution in [3.05, 3.63) is 284 Å². The van der Waals surface area contributed by atoms with Gasteiger partial charge >= 0.3 is 20.1 Å². The maximum Gasteiger partial charge on any atom is 3.00 e. The van der Waals surface area contributed by atoms with E-state index in [9.17, 15) is 0 Å². The molecule has 0 radical (unpaired) electrons. The van der Waals surface area contributed by atoms with Crippen LogP contribution in [-0.2, 0) is 25.5 Å². The van der Waals surface area contributed by atoms with Crippen LogP contribution in [0, 0.1) is 32.0 Å². The smallest absolute Gasteiger partial charge is 0.305 e. The van der Waals surface area contributed by atoms with Crippen molar-refractivity contribution in [1.29, 1.82) is 0 Å². The van der Waals surface area contributed by atoms with Gasteiger partial charge in [0.05, 0.1) is 0 Å². The van der Waals surface area contributed by atoms with Gasteiger partial charge < -0.3 is 15.0 Å². The van der Waals surface area contributed by atoms with Crippen LogP contribution in [0.5, 0.6) is 0 Å². The molecule has 0 unspecified atom stereocenters. The van der Waals surface area contributed by atoms with Gasteiger partial charge in [-0.25, -0.2) is 0 Å². The molecule has 79 heavy (non-hydrogen) atoms. The van der Waals surface area contributed by atoms with E-state index < -0.39 is 0 Å². The zero-order valence-electron chi connectivity index (χ0n) is 44.8. The van der Waals surface area contributed by atoms with Gasteiger partial charge in [0, 0.05) is 18.6 Å². The summed E-state index contributed by atoms with van der Waals surface area (Å²) in [6, 6.07) is 93.7. The van der Waals surface area contributed by atoms with Crippen LogP contribution in [0.15, 0.2) is 249 Å². The molecule has 12 aromatic rings. The molecule has 0 fully saturated rings.